The highest BCUT2D eigenvalue weighted by Gasteiger charge is 2.12. The van der Waals surface area contributed by atoms with Crippen LogP contribution in [-0.2, 0) is 6.54 Å². The first-order valence-corrected chi connectivity index (χ1v) is 7.28. The summed E-state index contributed by atoms with van der Waals surface area (Å²) in [5.41, 5.74) is 2.07. The molecule has 0 aliphatic heterocycles. The molecule has 0 radical (unpaired) electrons. The molecule has 0 amide bonds. The fourth-order valence-corrected chi connectivity index (χ4v) is 2.64. The molecule has 20 heavy (non-hydrogen) atoms. The fourth-order valence-electron chi connectivity index (χ4n) is 2.10. The second-order valence-electron chi connectivity index (χ2n) is 4.63. The van der Waals surface area contributed by atoms with E-state index in [0.717, 1.165) is 17.5 Å². The van der Waals surface area contributed by atoms with E-state index in [4.69, 9.17) is 23.2 Å². The number of rotatable bonds is 5. The van der Waals surface area contributed by atoms with E-state index in [9.17, 15) is 4.39 Å². The van der Waals surface area contributed by atoms with Crippen LogP contribution in [-0.4, -0.2) is 0 Å². The van der Waals surface area contributed by atoms with Gasteiger partial charge in [-0.15, -0.1) is 0 Å². The number of hydrogen-bond acceptors (Lipinski definition) is 1. The van der Waals surface area contributed by atoms with Crippen LogP contribution in [0.25, 0.3) is 0 Å². The lowest BCUT2D eigenvalue weighted by Gasteiger charge is -2.19. The van der Waals surface area contributed by atoms with Gasteiger partial charge in [-0.1, -0.05) is 48.3 Å². The molecular weight excluding hydrogens is 296 g/mol. The monoisotopic (exact) mass is 311 g/mol. The Morgan fingerprint density at radius 1 is 1.10 bits per heavy atom. The van der Waals surface area contributed by atoms with Crippen molar-refractivity contribution >= 4 is 23.2 Å². The van der Waals surface area contributed by atoms with Crippen LogP contribution in [0.2, 0.25) is 10.0 Å². The number of benzene rings is 2. The molecule has 0 heterocycles. The summed E-state index contributed by atoms with van der Waals surface area (Å²) < 4.78 is 12.9. The average Bonchev–Trinajstić information content (AvgIpc) is 2.43. The molecule has 0 spiro atoms. The molecule has 0 saturated carbocycles. The molecule has 4 heteroatoms. The topological polar surface area (TPSA) is 12.0 Å². The van der Waals surface area contributed by atoms with E-state index in [1.807, 2.05) is 12.1 Å². The molecule has 1 unspecified atom stereocenters. The molecule has 0 aliphatic carbocycles. The van der Waals surface area contributed by atoms with Gasteiger partial charge >= 0.3 is 0 Å². The smallest absolute Gasteiger partial charge is 0.123 e. The number of halogens is 3. The highest BCUT2D eigenvalue weighted by Crippen LogP contribution is 2.28. The van der Waals surface area contributed by atoms with E-state index in [2.05, 4.69) is 12.2 Å². The Balaban J connectivity index is 2.07. The van der Waals surface area contributed by atoms with Crippen LogP contribution in [0.1, 0.15) is 30.5 Å². The lowest BCUT2D eigenvalue weighted by Crippen LogP contribution is -2.20. The quantitative estimate of drug-likeness (QED) is 0.782. The average molecular weight is 312 g/mol. The van der Waals surface area contributed by atoms with E-state index in [1.54, 1.807) is 18.2 Å². The Bertz CT molecular complexity index is 569. The lowest BCUT2D eigenvalue weighted by atomic mass is 10.0. The third-order valence-corrected chi connectivity index (χ3v) is 3.77. The van der Waals surface area contributed by atoms with E-state index >= 15 is 0 Å². The van der Waals surface area contributed by atoms with E-state index in [0.29, 0.717) is 16.6 Å². The van der Waals surface area contributed by atoms with Crippen LogP contribution in [0.3, 0.4) is 0 Å². The predicted molar refractivity (Wildman–Crippen MR) is 82.7 cm³/mol. The van der Waals surface area contributed by atoms with Crippen LogP contribution in [0.4, 0.5) is 4.39 Å². The summed E-state index contributed by atoms with van der Waals surface area (Å²) in [4.78, 5) is 0. The maximum Gasteiger partial charge on any atom is 0.123 e. The van der Waals surface area contributed by atoms with Gasteiger partial charge in [-0.3, -0.25) is 0 Å². The van der Waals surface area contributed by atoms with Gasteiger partial charge in [-0.05, 0) is 41.8 Å². The van der Waals surface area contributed by atoms with Gasteiger partial charge in [0.05, 0.1) is 0 Å². The van der Waals surface area contributed by atoms with Gasteiger partial charge in [0.15, 0.2) is 0 Å². The fraction of sp³-hybridized carbons (Fsp3) is 0.250. The summed E-state index contributed by atoms with van der Waals surface area (Å²) in [6.45, 7) is 2.75. The summed E-state index contributed by atoms with van der Waals surface area (Å²) >= 11 is 12.1. The molecule has 0 aromatic heterocycles. The van der Waals surface area contributed by atoms with Gasteiger partial charge in [0, 0.05) is 22.6 Å². The van der Waals surface area contributed by atoms with Crippen LogP contribution in [0.15, 0.2) is 42.5 Å². The maximum absolute atomic E-state index is 12.9. The molecule has 1 N–H and O–H groups in total. The second-order valence-corrected chi connectivity index (χ2v) is 5.48. The highest BCUT2D eigenvalue weighted by molar-refractivity contribution is 6.35. The SMILES string of the molecule is CCC(NCc1ccc(F)cc1)c1ccc(Cl)cc1Cl. The van der Waals surface area contributed by atoms with Gasteiger partial charge < -0.3 is 5.32 Å². The Morgan fingerprint density at radius 3 is 2.40 bits per heavy atom. The van der Waals surface area contributed by atoms with Crippen molar-refractivity contribution in [3.8, 4) is 0 Å². The molecule has 0 fully saturated rings. The third kappa shape index (κ3) is 3.95. The third-order valence-electron chi connectivity index (χ3n) is 3.21. The van der Waals surface area contributed by atoms with Crippen molar-refractivity contribution in [1.82, 2.24) is 5.32 Å². The van der Waals surface area contributed by atoms with Crippen LogP contribution in [0, 0.1) is 5.82 Å². The largest absolute Gasteiger partial charge is 0.306 e. The first-order valence-electron chi connectivity index (χ1n) is 6.53. The predicted octanol–water partition coefficient (Wildman–Crippen LogP) is 5.37. The second kappa shape index (κ2) is 7.07. The zero-order valence-corrected chi connectivity index (χ0v) is 12.7. The standard InChI is InChI=1S/C16H16Cl2FN/c1-2-16(14-8-5-12(17)9-15(14)18)20-10-11-3-6-13(19)7-4-11/h3-9,16,20H,2,10H2,1H3. The van der Waals surface area contributed by atoms with Gasteiger partial charge in [0.2, 0.25) is 0 Å². The number of nitrogens with one attached hydrogen (secondary N) is 1. The Hall–Kier alpha value is -1.09. The van der Waals surface area contributed by atoms with E-state index in [-0.39, 0.29) is 11.9 Å². The maximum atomic E-state index is 12.9. The molecule has 1 atom stereocenters. The van der Waals surface area contributed by atoms with Crippen molar-refractivity contribution < 1.29 is 4.39 Å². The van der Waals surface area contributed by atoms with E-state index in [1.165, 1.54) is 12.1 Å². The molecule has 0 saturated heterocycles. The number of hydrogen-bond donors (Lipinski definition) is 1. The van der Waals surface area contributed by atoms with Gasteiger partial charge in [-0.2, -0.15) is 0 Å². The van der Waals surface area contributed by atoms with Crippen molar-refractivity contribution in [3.05, 3.63) is 69.5 Å². The normalized spacial score (nSPS) is 12.4. The molecule has 2 aromatic carbocycles. The molecule has 2 rings (SSSR count). The van der Waals surface area contributed by atoms with Crippen LogP contribution >= 0.6 is 23.2 Å². The molecule has 106 valence electrons. The van der Waals surface area contributed by atoms with Crippen molar-refractivity contribution in [1.29, 1.82) is 0 Å². The molecule has 0 bridgehead atoms. The minimum atomic E-state index is -0.221. The van der Waals surface area contributed by atoms with Crippen LogP contribution < -0.4 is 5.32 Å². The molecule has 1 nitrogen and oxygen atoms in total. The summed E-state index contributed by atoms with van der Waals surface area (Å²) in [6.07, 6.45) is 0.905. The summed E-state index contributed by atoms with van der Waals surface area (Å²) in [5.74, 6) is -0.221. The van der Waals surface area contributed by atoms with Crippen molar-refractivity contribution in [2.75, 3.05) is 0 Å². The van der Waals surface area contributed by atoms with Crippen molar-refractivity contribution in [2.24, 2.45) is 0 Å². The first-order chi connectivity index (χ1) is 9.60. The highest BCUT2D eigenvalue weighted by atomic mass is 35.5. The molecule has 0 aliphatic rings. The summed E-state index contributed by atoms with van der Waals surface area (Å²) in [5, 5.41) is 4.73. The molecular formula is C16H16Cl2FN. The zero-order chi connectivity index (χ0) is 14.5. The summed E-state index contributed by atoms with van der Waals surface area (Å²) in [6, 6.07) is 12.2. The molecule has 2 aromatic rings. The van der Waals surface area contributed by atoms with Gasteiger partial charge in [0.1, 0.15) is 5.82 Å². The summed E-state index contributed by atoms with van der Waals surface area (Å²) in [7, 11) is 0. The lowest BCUT2D eigenvalue weighted by molar-refractivity contribution is 0.518. The van der Waals surface area contributed by atoms with Crippen molar-refractivity contribution in [2.45, 2.75) is 25.9 Å². The zero-order valence-electron chi connectivity index (χ0n) is 11.2. The van der Waals surface area contributed by atoms with Gasteiger partial charge in [-0.25, -0.2) is 4.39 Å². The Morgan fingerprint density at radius 2 is 1.80 bits per heavy atom. The Labute approximate surface area is 128 Å². The first kappa shape index (κ1) is 15.3. The van der Waals surface area contributed by atoms with Gasteiger partial charge in [0.25, 0.3) is 0 Å². The minimum absolute atomic E-state index is 0.143. The minimum Gasteiger partial charge on any atom is -0.306 e. The van der Waals surface area contributed by atoms with Crippen LogP contribution in [0.5, 0.6) is 0 Å². The Kier molecular flexibility index (Phi) is 5.41. The van der Waals surface area contributed by atoms with Crippen molar-refractivity contribution in [3.63, 3.8) is 0 Å². The van der Waals surface area contributed by atoms with E-state index < -0.39 is 0 Å².